The van der Waals surface area contributed by atoms with Crippen molar-refractivity contribution in [2.75, 3.05) is 4.90 Å². The van der Waals surface area contributed by atoms with Crippen LogP contribution in [-0.4, -0.2) is 11.5 Å². The van der Waals surface area contributed by atoms with Crippen molar-refractivity contribution in [2.24, 2.45) is 15.9 Å². The van der Waals surface area contributed by atoms with Crippen LogP contribution in [0.25, 0.3) is 43.8 Å². The Hall–Kier alpha value is -6.78. The number of aliphatic imine (C=N–C) groups is 2. The van der Waals surface area contributed by atoms with E-state index in [1.807, 2.05) is 0 Å². The summed E-state index contributed by atoms with van der Waals surface area (Å²) in [6, 6.07) is 58.2. The number of amidine groups is 1. The molecule has 4 nitrogen and oxygen atoms in total. The molecule has 8 aromatic rings. The Morgan fingerprint density at radius 2 is 1.30 bits per heavy atom. The highest BCUT2D eigenvalue weighted by molar-refractivity contribution is 6.21. The van der Waals surface area contributed by atoms with Crippen LogP contribution in [0.3, 0.4) is 0 Å². The average molecular weight is 724 g/mol. The average Bonchev–Trinajstić information content (AvgIpc) is 3.64. The second-order valence-corrected chi connectivity index (χ2v) is 14.7. The van der Waals surface area contributed by atoms with Crippen LogP contribution >= 0.6 is 0 Å². The zero-order chi connectivity index (χ0) is 37.3. The standard InChI is InChI=1S/C52H41N3O/c1-4-16-38(17-5-1)52-53-47(44-24-12-18-37-15-10-11-23-43(37)44)26-14-27-48(54-52)45-25-13-28-49-51(45)46-34-31-39(35-50(46)56-49)36-29-32-42(33-30-36)55(40-19-6-2-7-20-40)41-21-8-3-9-22-41/h1-13,15-16,18-25,28-35,38,47H,14,17,26-27H2/b53-52-,54-48+. The Bertz CT molecular complexity index is 2770. The zero-order valence-electron chi connectivity index (χ0n) is 31.1. The zero-order valence-corrected chi connectivity index (χ0v) is 31.1. The monoisotopic (exact) mass is 723 g/mol. The number of nitrogens with zero attached hydrogens (tertiary/aromatic N) is 3. The van der Waals surface area contributed by atoms with Gasteiger partial charge in [-0.3, -0.25) is 4.99 Å². The molecule has 0 fully saturated rings. The first-order chi connectivity index (χ1) is 27.8. The predicted molar refractivity (Wildman–Crippen MR) is 235 cm³/mol. The first-order valence-electron chi connectivity index (χ1n) is 19.7. The maximum absolute atomic E-state index is 6.62. The fourth-order valence-electron chi connectivity index (χ4n) is 8.47. The first kappa shape index (κ1) is 33.8. The molecule has 0 saturated heterocycles. The van der Waals surface area contributed by atoms with E-state index < -0.39 is 0 Å². The van der Waals surface area contributed by atoms with Gasteiger partial charge in [-0.25, -0.2) is 4.99 Å². The summed E-state index contributed by atoms with van der Waals surface area (Å²) in [5.41, 5.74) is 10.8. The molecule has 2 aliphatic rings. The van der Waals surface area contributed by atoms with Crippen molar-refractivity contribution in [2.45, 2.75) is 31.7 Å². The Labute approximate surface area is 327 Å². The summed E-state index contributed by atoms with van der Waals surface area (Å²) in [6.45, 7) is 0. The van der Waals surface area contributed by atoms with Gasteiger partial charge in [0.25, 0.3) is 0 Å². The van der Waals surface area contributed by atoms with Gasteiger partial charge in [0.15, 0.2) is 0 Å². The van der Waals surface area contributed by atoms with Gasteiger partial charge in [-0.1, -0.05) is 133 Å². The van der Waals surface area contributed by atoms with Crippen LogP contribution in [0.1, 0.15) is 42.9 Å². The predicted octanol–water partition coefficient (Wildman–Crippen LogP) is 14.1. The van der Waals surface area contributed by atoms with Crippen LogP contribution in [0.4, 0.5) is 17.1 Å². The lowest BCUT2D eigenvalue weighted by molar-refractivity contribution is 0.618. The summed E-state index contributed by atoms with van der Waals surface area (Å²) in [7, 11) is 0. The van der Waals surface area contributed by atoms with Gasteiger partial charge in [0.05, 0.1) is 11.8 Å². The molecule has 0 bridgehead atoms. The minimum atomic E-state index is 0.0542. The van der Waals surface area contributed by atoms with Crippen LogP contribution < -0.4 is 4.90 Å². The number of para-hydroxylation sites is 2. The lowest BCUT2D eigenvalue weighted by Gasteiger charge is -2.25. The molecule has 1 aromatic heterocycles. The number of fused-ring (bicyclic) bond motifs is 4. The summed E-state index contributed by atoms with van der Waals surface area (Å²) in [5, 5.41) is 4.75. The van der Waals surface area contributed by atoms with Crippen molar-refractivity contribution in [3.8, 4) is 11.1 Å². The summed E-state index contributed by atoms with van der Waals surface area (Å²) >= 11 is 0. The number of benzene rings is 7. The van der Waals surface area contributed by atoms with Gasteiger partial charge in [0, 0.05) is 39.3 Å². The van der Waals surface area contributed by atoms with Crippen molar-refractivity contribution < 1.29 is 4.42 Å². The molecule has 4 heteroatoms. The quantitative estimate of drug-likeness (QED) is 0.164. The molecule has 0 spiro atoms. The van der Waals surface area contributed by atoms with E-state index >= 15 is 0 Å². The summed E-state index contributed by atoms with van der Waals surface area (Å²) < 4.78 is 6.62. The van der Waals surface area contributed by atoms with E-state index in [4.69, 9.17) is 14.4 Å². The van der Waals surface area contributed by atoms with Crippen molar-refractivity contribution >= 4 is 61.3 Å². The molecule has 0 N–H and O–H groups in total. The molecule has 2 atom stereocenters. The molecule has 1 aliphatic carbocycles. The summed E-state index contributed by atoms with van der Waals surface area (Å²) in [5.74, 6) is 1.04. The van der Waals surface area contributed by atoms with Crippen molar-refractivity contribution in [3.05, 3.63) is 199 Å². The fourth-order valence-corrected chi connectivity index (χ4v) is 8.47. The lowest BCUT2D eigenvalue weighted by atomic mass is 9.91. The minimum absolute atomic E-state index is 0.0542. The van der Waals surface area contributed by atoms with E-state index in [-0.39, 0.29) is 12.0 Å². The van der Waals surface area contributed by atoms with Crippen molar-refractivity contribution in [1.29, 1.82) is 0 Å². The van der Waals surface area contributed by atoms with Gasteiger partial charge >= 0.3 is 0 Å². The Morgan fingerprint density at radius 1 is 0.589 bits per heavy atom. The molecule has 2 unspecified atom stereocenters. The lowest BCUT2D eigenvalue weighted by Crippen LogP contribution is -2.18. The van der Waals surface area contributed by atoms with Crippen molar-refractivity contribution in [1.82, 2.24) is 0 Å². The Balaban J connectivity index is 1.02. The molecule has 0 saturated carbocycles. The minimum Gasteiger partial charge on any atom is -0.456 e. The van der Waals surface area contributed by atoms with E-state index in [0.29, 0.717) is 0 Å². The normalized spacial score (nSPS) is 18.9. The molecule has 2 heterocycles. The molecule has 1 aliphatic heterocycles. The molecule has 0 radical (unpaired) electrons. The van der Waals surface area contributed by atoms with E-state index in [1.165, 1.54) is 16.3 Å². The Kier molecular flexibility index (Phi) is 8.93. The van der Waals surface area contributed by atoms with Crippen LogP contribution in [0.5, 0.6) is 0 Å². The van der Waals surface area contributed by atoms with E-state index in [2.05, 4.69) is 193 Å². The molecule has 0 amide bonds. The molecule has 270 valence electrons. The molecular weight excluding hydrogens is 683 g/mol. The third kappa shape index (κ3) is 6.43. The maximum Gasteiger partial charge on any atom is 0.136 e. The van der Waals surface area contributed by atoms with Gasteiger partial charge in [-0.05, 0) is 108 Å². The van der Waals surface area contributed by atoms with E-state index in [0.717, 1.165) is 92.9 Å². The van der Waals surface area contributed by atoms with Gasteiger partial charge in [0.1, 0.15) is 17.0 Å². The molecular formula is C52H41N3O. The number of furan rings is 1. The van der Waals surface area contributed by atoms with Crippen LogP contribution in [-0.2, 0) is 0 Å². The highest BCUT2D eigenvalue weighted by atomic mass is 16.3. The van der Waals surface area contributed by atoms with E-state index in [1.54, 1.807) is 0 Å². The molecule has 7 aromatic carbocycles. The SMILES string of the molecule is C1=CCC(C2=N/C(c3cccc4ccccc34)CCC/C(c3cccc4oc5cc(-c6ccc(N(c7ccccc7)c7ccccc7)cc6)ccc5c34)=N\2)C=C1. The van der Waals surface area contributed by atoms with Crippen LogP contribution in [0.15, 0.2) is 202 Å². The highest BCUT2D eigenvalue weighted by Gasteiger charge is 2.24. The number of anilines is 3. The highest BCUT2D eigenvalue weighted by Crippen LogP contribution is 2.39. The topological polar surface area (TPSA) is 41.1 Å². The summed E-state index contributed by atoms with van der Waals surface area (Å²) in [4.78, 5) is 13.3. The van der Waals surface area contributed by atoms with Gasteiger partial charge < -0.3 is 9.32 Å². The second kappa shape index (κ2) is 14.8. The van der Waals surface area contributed by atoms with Crippen LogP contribution in [0, 0.1) is 5.92 Å². The maximum atomic E-state index is 6.62. The number of hydrogen-bond acceptors (Lipinski definition) is 4. The van der Waals surface area contributed by atoms with Gasteiger partial charge in [0.2, 0.25) is 0 Å². The first-order valence-corrected chi connectivity index (χ1v) is 19.7. The van der Waals surface area contributed by atoms with E-state index in [9.17, 15) is 0 Å². The smallest absolute Gasteiger partial charge is 0.136 e. The number of hydrogen-bond donors (Lipinski definition) is 0. The fraction of sp³-hybridized carbons (Fsp3) is 0.115. The Morgan fingerprint density at radius 3 is 2.09 bits per heavy atom. The van der Waals surface area contributed by atoms with Gasteiger partial charge in [-0.2, -0.15) is 0 Å². The molecule has 10 rings (SSSR count). The molecule has 56 heavy (non-hydrogen) atoms. The van der Waals surface area contributed by atoms with Crippen molar-refractivity contribution in [3.63, 3.8) is 0 Å². The second-order valence-electron chi connectivity index (χ2n) is 14.7. The number of rotatable bonds is 7. The van der Waals surface area contributed by atoms with Gasteiger partial charge in [-0.15, -0.1) is 0 Å². The summed E-state index contributed by atoms with van der Waals surface area (Å²) in [6.07, 6.45) is 12.5. The number of allylic oxidation sites excluding steroid dienone is 3. The third-order valence-electron chi connectivity index (χ3n) is 11.2. The third-order valence-corrected chi connectivity index (χ3v) is 11.2. The largest absolute Gasteiger partial charge is 0.456 e. The van der Waals surface area contributed by atoms with Crippen LogP contribution in [0.2, 0.25) is 0 Å².